The molecule has 1 amide bonds. The third kappa shape index (κ3) is 4.04. The van der Waals surface area contributed by atoms with Crippen LogP contribution in [0.3, 0.4) is 0 Å². The molecule has 0 unspecified atom stereocenters. The standard InChI is InChI=1S/C22H19N3O4S/c1-14-13-30-22-23-16(11-20(26)25(14)22)12-29-19-9-4-3-8-18(19)24-21(27)15-6-5-7-17(10-15)28-2/h3-11,13H,12H2,1-2H3,(H,24,27). The number of benzene rings is 2. The number of rotatable bonds is 6. The molecule has 30 heavy (non-hydrogen) atoms. The Balaban J connectivity index is 1.52. The molecule has 0 spiro atoms. The maximum Gasteiger partial charge on any atom is 0.259 e. The average Bonchev–Trinajstić information content (AvgIpc) is 3.14. The molecule has 2 aromatic carbocycles. The lowest BCUT2D eigenvalue weighted by atomic mass is 10.2. The first-order chi connectivity index (χ1) is 14.5. The summed E-state index contributed by atoms with van der Waals surface area (Å²) in [5.41, 5.74) is 2.23. The number of aryl methyl sites for hydroxylation is 1. The Morgan fingerprint density at radius 3 is 2.83 bits per heavy atom. The van der Waals surface area contributed by atoms with Crippen molar-refractivity contribution < 1.29 is 14.3 Å². The van der Waals surface area contributed by atoms with Gasteiger partial charge in [-0.05, 0) is 37.3 Å². The lowest BCUT2D eigenvalue weighted by Gasteiger charge is -2.12. The molecule has 0 atom stereocenters. The van der Waals surface area contributed by atoms with Crippen molar-refractivity contribution in [2.24, 2.45) is 0 Å². The van der Waals surface area contributed by atoms with Crippen LogP contribution in [-0.4, -0.2) is 22.4 Å². The van der Waals surface area contributed by atoms with Crippen molar-refractivity contribution in [2.45, 2.75) is 13.5 Å². The van der Waals surface area contributed by atoms with Crippen LogP contribution in [0.2, 0.25) is 0 Å². The van der Waals surface area contributed by atoms with Crippen molar-refractivity contribution in [3.63, 3.8) is 0 Å². The normalized spacial score (nSPS) is 10.7. The first kappa shape index (κ1) is 19.7. The average molecular weight is 421 g/mol. The predicted octanol–water partition coefficient (Wildman–Crippen LogP) is 3.90. The number of carbonyl (C=O) groups excluding carboxylic acids is 1. The number of anilines is 1. The zero-order valence-electron chi connectivity index (χ0n) is 16.4. The number of methoxy groups -OCH3 is 1. The third-order valence-electron chi connectivity index (χ3n) is 4.47. The number of hydrogen-bond donors (Lipinski definition) is 1. The number of amides is 1. The van der Waals surface area contributed by atoms with E-state index in [4.69, 9.17) is 9.47 Å². The molecular weight excluding hydrogens is 402 g/mol. The summed E-state index contributed by atoms with van der Waals surface area (Å²) in [6.45, 7) is 1.97. The molecule has 0 radical (unpaired) electrons. The SMILES string of the molecule is COc1cccc(C(=O)Nc2ccccc2OCc2cc(=O)n3c(C)csc3n2)c1. The number of thiazole rings is 1. The van der Waals surface area contributed by atoms with E-state index >= 15 is 0 Å². The number of carbonyl (C=O) groups is 1. The van der Waals surface area contributed by atoms with E-state index in [0.717, 1.165) is 5.69 Å². The molecule has 0 bridgehead atoms. The highest BCUT2D eigenvalue weighted by molar-refractivity contribution is 7.15. The van der Waals surface area contributed by atoms with E-state index in [1.54, 1.807) is 54.0 Å². The van der Waals surface area contributed by atoms with Crippen LogP contribution in [0, 0.1) is 6.92 Å². The fourth-order valence-corrected chi connectivity index (χ4v) is 3.87. The van der Waals surface area contributed by atoms with Gasteiger partial charge >= 0.3 is 0 Å². The van der Waals surface area contributed by atoms with Gasteiger partial charge < -0.3 is 14.8 Å². The van der Waals surface area contributed by atoms with Crippen molar-refractivity contribution >= 4 is 27.9 Å². The van der Waals surface area contributed by atoms with Crippen molar-refractivity contribution in [2.75, 3.05) is 12.4 Å². The second-order valence-corrected chi connectivity index (χ2v) is 7.39. The molecule has 4 aromatic rings. The Bertz CT molecular complexity index is 1280. The van der Waals surface area contributed by atoms with Gasteiger partial charge in [0.1, 0.15) is 18.1 Å². The summed E-state index contributed by atoms with van der Waals surface area (Å²) in [7, 11) is 1.55. The first-order valence-corrected chi connectivity index (χ1v) is 10.1. The summed E-state index contributed by atoms with van der Waals surface area (Å²) in [6.07, 6.45) is 0. The molecular formula is C22H19N3O4S. The molecule has 2 heterocycles. The van der Waals surface area contributed by atoms with Gasteiger partial charge in [0, 0.05) is 22.7 Å². The summed E-state index contributed by atoms with van der Waals surface area (Å²) in [5.74, 6) is 0.804. The topological polar surface area (TPSA) is 81.9 Å². The van der Waals surface area contributed by atoms with Crippen LogP contribution in [0.5, 0.6) is 11.5 Å². The van der Waals surface area contributed by atoms with Crippen LogP contribution >= 0.6 is 11.3 Å². The quantitative estimate of drug-likeness (QED) is 0.511. The highest BCUT2D eigenvalue weighted by Crippen LogP contribution is 2.26. The molecule has 4 rings (SSSR count). The van der Waals surface area contributed by atoms with Gasteiger partial charge in [-0.15, -0.1) is 11.3 Å². The summed E-state index contributed by atoms with van der Waals surface area (Å²) >= 11 is 1.41. The zero-order chi connectivity index (χ0) is 21.1. The number of hydrogen-bond acceptors (Lipinski definition) is 6. The number of para-hydroxylation sites is 2. The van der Waals surface area contributed by atoms with E-state index in [-0.39, 0.29) is 18.1 Å². The Morgan fingerprint density at radius 2 is 2.00 bits per heavy atom. The van der Waals surface area contributed by atoms with Crippen molar-refractivity contribution in [3.8, 4) is 11.5 Å². The Kier molecular flexibility index (Phi) is 5.49. The number of fused-ring (bicyclic) bond motifs is 1. The van der Waals surface area contributed by atoms with Gasteiger partial charge in [-0.2, -0.15) is 0 Å². The smallest absolute Gasteiger partial charge is 0.259 e. The van der Waals surface area contributed by atoms with E-state index in [2.05, 4.69) is 10.3 Å². The fraction of sp³-hybridized carbons (Fsp3) is 0.136. The molecule has 2 aromatic heterocycles. The zero-order valence-corrected chi connectivity index (χ0v) is 17.2. The monoisotopic (exact) mass is 421 g/mol. The number of nitrogens with zero attached hydrogens (tertiary/aromatic N) is 2. The molecule has 152 valence electrons. The molecule has 1 N–H and O–H groups in total. The third-order valence-corrected chi connectivity index (χ3v) is 5.41. The minimum Gasteiger partial charge on any atom is -0.497 e. The van der Waals surface area contributed by atoms with Crippen molar-refractivity contribution in [1.82, 2.24) is 9.38 Å². The molecule has 0 aliphatic heterocycles. The molecule has 7 nitrogen and oxygen atoms in total. The van der Waals surface area contributed by atoms with E-state index in [0.29, 0.717) is 33.4 Å². The summed E-state index contributed by atoms with van der Waals surface area (Å²) in [5, 5.41) is 4.74. The van der Waals surface area contributed by atoms with E-state index in [9.17, 15) is 9.59 Å². The minimum absolute atomic E-state index is 0.106. The summed E-state index contributed by atoms with van der Waals surface area (Å²) in [6, 6.07) is 15.5. The van der Waals surface area contributed by atoms with Crippen LogP contribution in [0.1, 0.15) is 21.7 Å². The highest BCUT2D eigenvalue weighted by Gasteiger charge is 2.12. The molecule has 0 fully saturated rings. The van der Waals surface area contributed by atoms with Crippen LogP contribution < -0.4 is 20.3 Å². The van der Waals surface area contributed by atoms with Gasteiger partial charge in [0.05, 0.1) is 18.5 Å². The maximum absolute atomic E-state index is 12.6. The number of ether oxygens (including phenoxy) is 2. The van der Waals surface area contributed by atoms with Gasteiger partial charge in [0.25, 0.3) is 11.5 Å². The Hall–Kier alpha value is -3.65. The van der Waals surface area contributed by atoms with Crippen LogP contribution in [0.25, 0.3) is 4.96 Å². The van der Waals surface area contributed by atoms with Crippen LogP contribution in [0.4, 0.5) is 5.69 Å². The second kappa shape index (κ2) is 8.38. The molecule has 0 aliphatic rings. The van der Waals surface area contributed by atoms with E-state index < -0.39 is 0 Å². The highest BCUT2D eigenvalue weighted by atomic mass is 32.1. The van der Waals surface area contributed by atoms with E-state index in [1.807, 2.05) is 18.4 Å². The fourth-order valence-electron chi connectivity index (χ4n) is 2.98. The van der Waals surface area contributed by atoms with Gasteiger partial charge in [-0.25, -0.2) is 4.98 Å². The molecule has 8 heteroatoms. The van der Waals surface area contributed by atoms with Gasteiger partial charge in [-0.3, -0.25) is 14.0 Å². The number of nitrogens with one attached hydrogen (secondary N) is 1. The van der Waals surface area contributed by atoms with Crippen molar-refractivity contribution in [3.05, 3.63) is 87.3 Å². The van der Waals surface area contributed by atoms with E-state index in [1.165, 1.54) is 17.4 Å². The summed E-state index contributed by atoms with van der Waals surface area (Å²) < 4.78 is 12.6. The van der Waals surface area contributed by atoms with Crippen LogP contribution in [0.15, 0.2) is 64.8 Å². The predicted molar refractivity (Wildman–Crippen MR) is 116 cm³/mol. The lowest BCUT2D eigenvalue weighted by molar-refractivity contribution is 0.102. The van der Waals surface area contributed by atoms with Crippen molar-refractivity contribution in [1.29, 1.82) is 0 Å². The minimum atomic E-state index is -0.281. The lowest BCUT2D eigenvalue weighted by Crippen LogP contribution is -2.16. The Morgan fingerprint density at radius 1 is 1.17 bits per heavy atom. The first-order valence-electron chi connectivity index (χ1n) is 9.19. The largest absolute Gasteiger partial charge is 0.497 e. The second-order valence-electron chi connectivity index (χ2n) is 6.55. The van der Waals surface area contributed by atoms with Gasteiger partial charge in [-0.1, -0.05) is 18.2 Å². The van der Waals surface area contributed by atoms with Gasteiger partial charge in [0.2, 0.25) is 0 Å². The molecule has 0 saturated heterocycles. The van der Waals surface area contributed by atoms with Crippen LogP contribution in [-0.2, 0) is 6.61 Å². The maximum atomic E-state index is 12.6. The summed E-state index contributed by atoms with van der Waals surface area (Å²) in [4.78, 5) is 30.1. The van der Waals surface area contributed by atoms with Gasteiger partial charge in [0.15, 0.2) is 4.96 Å². The number of aromatic nitrogens is 2. The molecule has 0 aliphatic carbocycles. The Labute approximate surface area is 176 Å². The molecule has 0 saturated carbocycles.